The highest BCUT2D eigenvalue weighted by Gasteiger charge is 2.21. The molecule has 0 amide bonds. The molecule has 0 aliphatic carbocycles. The lowest BCUT2D eigenvalue weighted by Crippen LogP contribution is -2.24. The molecule has 2 aromatic heterocycles. The van der Waals surface area contributed by atoms with Gasteiger partial charge in [-0.25, -0.2) is 9.78 Å². The van der Waals surface area contributed by atoms with E-state index < -0.39 is 12.1 Å². The number of H-pyrrole nitrogens is 1. The first-order valence-corrected chi connectivity index (χ1v) is 7.37. The summed E-state index contributed by atoms with van der Waals surface area (Å²) < 4.78 is 5.30. The topological polar surface area (TPSA) is 72.0 Å². The number of benzene rings is 1. The van der Waals surface area contributed by atoms with E-state index in [4.69, 9.17) is 16.3 Å². The molecule has 1 N–H and O–H groups in total. The van der Waals surface area contributed by atoms with E-state index in [1.165, 1.54) is 6.20 Å². The number of pyridine rings is 1. The van der Waals surface area contributed by atoms with Crippen molar-refractivity contribution in [1.29, 1.82) is 0 Å². The minimum absolute atomic E-state index is 0.283. The van der Waals surface area contributed by atoms with Crippen molar-refractivity contribution >= 4 is 34.4 Å². The van der Waals surface area contributed by atoms with E-state index in [1.54, 1.807) is 49.5 Å². The number of fused-ring (bicyclic) bond motifs is 1. The monoisotopic (exact) mass is 328 g/mol. The maximum Gasteiger partial charge on any atom is 0.339 e. The summed E-state index contributed by atoms with van der Waals surface area (Å²) in [7, 11) is 0. The number of rotatable bonds is 4. The molecule has 3 aromatic rings. The Hall–Kier alpha value is -2.66. The van der Waals surface area contributed by atoms with Gasteiger partial charge in [-0.2, -0.15) is 0 Å². The molecule has 116 valence electrons. The molecule has 2 heterocycles. The summed E-state index contributed by atoms with van der Waals surface area (Å²) in [5.74, 6) is -0.846. The number of ketones is 1. The Morgan fingerprint density at radius 1 is 1.17 bits per heavy atom. The summed E-state index contributed by atoms with van der Waals surface area (Å²) in [5.41, 5.74) is 1.40. The average Bonchev–Trinajstić information content (AvgIpc) is 3.03. The largest absolute Gasteiger partial charge is 0.451 e. The van der Waals surface area contributed by atoms with Crippen LogP contribution in [-0.4, -0.2) is 27.8 Å². The lowest BCUT2D eigenvalue weighted by atomic mass is 10.1. The van der Waals surface area contributed by atoms with Gasteiger partial charge >= 0.3 is 5.97 Å². The molecule has 5 nitrogen and oxygen atoms in total. The number of nitrogens with zero attached hydrogens (tertiary/aromatic N) is 1. The van der Waals surface area contributed by atoms with Crippen LogP contribution in [0.2, 0.25) is 5.02 Å². The number of ether oxygens (including phenoxy) is 1. The second kappa shape index (κ2) is 6.22. The fraction of sp³-hybridized carbons (Fsp3) is 0.118. The Kier molecular flexibility index (Phi) is 4.12. The summed E-state index contributed by atoms with van der Waals surface area (Å²) >= 11 is 5.80. The van der Waals surface area contributed by atoms with Crippen molar-refractivity contribution in [2.75, 3.05) is 0 Å². The summed E-state index contributed by atoms with van der Waals surface area (Å²) in [6.07, 6.45) is 2.31. The van der Waals surface area contributed by atoms with E-state index in [0.717, 1.165) is 0 Å². The molecule has 0 radical (unpaired) electrons. The van der Waals surface area contributed by atoms with Gasteiger partial charge in [-0.1, -0.05) is 11.6 Å². The first-order valence-electron chi connectivity index (χ1n) is 6.99. The summed E-state index contributed by atoms with van der Waals surface area (Å²) in [6.45, 7) is 1.55. The number of aromatic nitrogens is 2. The van der Waals surface area contributed by atoms with Gasteiger partial charge in [0.2, 0.25) is 5.78 Å². The lowest BCUT2D eigenvalue weighted by Gasteiger charge is -2.12. The molecule has 0 saturated heterocycles. The van der Waals surface area contributed by atoms with E-state index in [2.05, 4.69) is 9.97 Å². The number of halogens is 1. The van der Waals surface area contributed by atoms with Gasteiger partial charge in [0.1, 0.15) is 5.65 Å². The third-order valence-corrected chi connectivity index (χ3v) is 3.71. The maximum absolute atomic E-state index is 12.3. The standard InChI is InChI=1S/C17H13ClN2O3/c1-10(15(21)11-2-4-12(18)5-3-11)23-17(22)14-7-9-20-16-13(14)6-8-19-16/h2-10H,1H3,(H,19,20). The number of esters is 1. The van der Waals surface area contributed by atoms with Crippen molar-refractivity contribution in [3.05, 3.63) is 64.9 Å². The number of aromatic amines is 1. The van der Waals surface area contributed by atoms with Crippen molar-refractivity contribution in [2.45, 2.75) is 13.0 Å². The second-order valence-electron chi connectivity index (χ2n) is 5.02. The first-order chi connectivity index (χ1) is 11.1. The molecule has 0 aliphatic heterocycles. The minimum atomic E-state index is -0.897. The van der Waals surface area contributed by atoms with Crippen LogP contribution in [0.25, 0.3) is 11.0 Å². The average molecular weight is 329 g/mol. The number of hydrogen-bond donors (Lipinski definition) is 1. The van der Waals surface area contributed by atoms with Crippen molar-refractivity contribution in [2.24, 2.45) is 0 Å². The van der Waals surface area contributed by atoms with Crippen LogP contribution in [-0.2, 0) is 4.74 Å². The third kappa shape index (κ3) is 3.10. The molecule has 0 spiro atoms. The SMILES string of the molecule is CC(OC(=O)c1ccnc2[nH]ccc12)C(=O)c1ccc(Cl)cc1. The Balaban J connectivity index is 1.78. The molecule has 23 heavy (non-hydrogen) atoms. The van der Waals surface area contributed by atoms with Crippen molar-refractivity contribution in [3.63, 3.8) is 0 Å². The zero-order valence-electron chi connectivity index (χ0n) is 12.2. The molecule has 0 bridgehead atoms. The maximum atomic E-state index is 12.3. The Morgan fingerprint density at radius 3 is 2.65 bits per heavy atom. The van der Waals surface area contributed by atoms with Crippen LogP contribution < -0.4 is 0 Å². The number of nitrogens with one attached hydrogen (secondary N) is 1. The Labute approximate surface area is 137 Å². The van der Waals surface area contributed by atoms with Crippen LogP contribution in [0, 0.1) is 0 Å². The van der Waals surface area contributed by atoms with Crippen LogP contribution >= 0.6 is 11.6 Å². The molecule has 1 aromatic carbocycles. The summed E-state index contributed by atoms with van der Waals surface area (Å²) in [6, 6.07) is 9.76. The molecular weight excluding hydrogens is 316 g/mol. The smallest absolute Gasteiger partial charge is 0.339 e. The molecule has 1 unspecified atom stereocenters. The van der Waals surface area contributed by atoms with Gasteiger partial charge in [0.25, 0.3) is 0 Å². The first kappa shape index (κ1) is 15.2. The van der Waals surface area contributed by atoms with E-state index >= 15 is 0 Å². The van der Waals surface area contributed by atoms with Gasteiger partial charge < -0.3 is 9.72 Å². The van der Waals surface area contributed by atoms with Gasteiger partial charge in [0.15, 0.2) is 6.10 Å². The van der Waals surface area contributed by atoms with Gasteiger partial charge in [-0.05, 0) is 43.3 Å². The van der Waals surface area contributed by atoms with Crippen LogP contribution in [0.4, 0.5) is 0 Å². The molecule has 1 atom stereocenters. The zero-order valence-corrected chi connectivity index (χ0v) is 13.0. The predicted octanol–water partition coefficient (Wildman–Crippen LogP) is 3.64. The highest BCUT2D eigenvalue weighted by Crippen LogP contribution is 2.18. The van der Waals surface area contributed by atoms with E-state index in [-0.39, 0.29) is 5.78 Å². The van der Waals surface area contributed by atoms with Crippen molar-refractivity contribution in [1.82, 2.24) is 9.97 Å². The molecule has 0 saturated carbocycles. The Bertz CT molecular complexity index is 871. The van der Waals surface area contributed by atoms with Gasteiger partial charge in [-0.15, -0.1) is 0 Å². The quantitative estimate of drug-likeness (QED) is 0.586. The molecule has 6 heteroatoms. The van der Waals surface area contributed by atoms with Crippen molar-refractivity contribution < 1.29 is 14.3 Å². The van der Waals surface area contributed by atoms with Crippen LogP contribution in [0.15, 0.2) is 48.8 Å². The van der Waals surface area contributed by atoms with E-state index in [0.29, 0.717) is 27.2 Å². The zero-order chi connectivity index (χ0) is 16.4. The van der Waals surface area contributed by atoms with Crippen LogP contribution in [0.3, 0.4) is 0 Å². The number of carbonyl (C=O) groups excluding carboxylic acids is 2. The Morgan fingerprint density at radius 2 is 1.91 bits per heavy atom. The van der Waals surface area contributed by atoms with Gasteiger partial charge in [0, 0.05) is 28.4 Å². The number of Topliss-reactive ketones (excluding diaryl/α,β-unsaturated/α-hetero) is 1. The van der Waals surface area contributed by atoms with Crippen LogP contribution in [0.1, 0.15) is 27.6 Å². The molecule has 3 rings (SSSR count). The second-order valence-corrected chi connectivity index (χ2v) is 5.45. The fourth-order valence-corrected chi connectivity index (χ4v) is 2.39. The van der Waals surface area contributed by atoms with Crippen molar-refractivity contribution in [3.8, 4) is 0 Å². The van der Waals surface area contributed by atoms with Gasteiger partial charge in [-0.3, -0.25) is 4.79 Å². The third-order valence-electron chi connectivity index (χ3n) is 3.46. The number of carbonyl (C=O) groups is 2. The normalized spacial score (nSPS) is 12.1. The number of hydrogen-bond acceptors (Lipinski definition) is 4. The predicted molar refractivity (Wildman–Crippen MR) is 86.8 cm³/mol. The lowest BCUT2D eigenvalue weighted by molar-refractivity contribution is 0.0320. The fourth-order valence-electron chi connectivity index (χ4n) is 2.27. The molecule has 0 fully saturated rings. The molecule has 0 aliphatic rings. The van der Waals surface area contributed by atoms with E-state index in [1.807, 2.05) is 0 Å². The highest BCUT2D eigenvalue weighted by atomic mass is 35.5. The van der Waals surface area contributed by atoms with E-state index in [9.17, 15) is 9.59 Å². The molecular formula is C17H13ClN2O3. The van der Waals surface area contributed by atoms with Crippen LogP contribution in [0.5, 0.6) is 0 Å². The highest BCUT2D eigenvalue weighted by molar-refractivity contribution is 6.30. The summed E-state index contributed by atoms with van der Waals surface area (Å²) in [5, 5.41) is 1.20. The summed E-state index contributed by atoms with van der Waals surface area (Å²) in [4.78, 5) is 31.7. The van der Waals surface area contributed by atoms with Gasteiger partial charge in [0.05, 0.1) is 5.56 Å². The minimum Gasteiger partial charge on any atom is -0.451 e.